The van der Waals surface area contributed by atoms with Crippen LogP contribution < -0.4 is 10.6 Å². The van der Waals surface area contributed by atoms with Crippen molar-refractivity contribution in [3.63, 3.8) is 0 Å². The molecule has 2 heterocycles. The molecule has 2 aromatic rings. The second-order valence-electron chi connectivity index (χ2n) is 8.91. The molecule has 0 aliphatic heterocycles. The highest BCUT2D eigenvalue weighted by Crippen LogP contribution is 2.55. The summed E-state index contributed by atoms with van der Waals surface area (Å²) in [6, 6.07) is -0.0877. The maximum absolute atomic E-state index is 12.6. The van der Waals surface area contributed by atoms with E-state index in [0.717, 1.165) is 54.8 Å². The molecular weight excluding hydrogens is 340 g/mol. The first-order valence-electron chi connectivity index (χ1n) is 10.2. The van der Waals surface area contributed by atoms with Crippen LogP contribution in [0.15, 0.2) is 24.8 Å². The standard InChI is InChI=1S/C20H28N6O/c1-2-25-11-17(9-21-25)12-26-13-18(10-22-26)23-19(27)24-20-6-14-3-15(7-20)5-16(4-14)8-20/h9-11,13-16H,2-8,12H2,1H3,(H2,23,24,27). The smallest absolute Gasteiger partial charge is 0.319 e. The van der Waals surface area contributed by atoms with E-state index in [1.165, 1.54) is 19.3 Å². The summed E-state index contributed by atoms with van der Waals surface area (Å²) in [4.78, 5) is 12.6. The molecule has 4 saturated carbocycles. The highest BCUT2D eigenvalue weighted by Gasteiger charge is 2.51. The van der Waals surface area contributed by atoms with E-state index in [1.807, 2.05) is 28.0 Å². The molecule has 4 fully saturated rings. The van der Waals surface area contributed by atoms with Crippen LogP contribution in [0.2, 0.25) is 0 Å². The van der Waals surface area contributed by atoms with Gasteiger partial charge in [0.1, 0.15) is 0 Å². The quantitative estimate of drug-likeness (QED) is 0.851. The van der Waals surface area contributed by atoms with Crippen molar-refractivity contribution in [3.8, 4) is 0 Å². The minimum atomic E-state index is -0.0877. The lowest BCUT2D eigenvalue weighted by molar-refractivity contribution is -0.0127. The molecule has 0 radical (unpaired) electrons. The lowest BCUT2D eigenvalue weighted by Crippen LogP contribution is -2.60. The number of rotatable bonds is 5. The predicted molar refractivity (Wildman–Crippen MR) is 102 cm³/mol. The number of urea groups is 1. The van der Waals surface area contributed by atoms with E-state index in [2.05, 4.69) is 27.8 Å². The molecule has 7 nitrogen and oxygen atoms in total. The van der Waals surface area contributed by atoms with Crippen molar-refractivity contribution < 1.29 is 4.79 Å². The Morgan fingerprint density at radius 1 is 1.07 bits per heavy atom. The monoisotopic (exact) mass is 368 g/mol. The van der Waals surface area contributed by atoms with Crippen molar-refractivity contribution in [2.45, 2.75) is 64.1 Å². The Labute approximate surface area is 159 Å². The van der Waals surface area contributed by atoms with Crippen LogP contribution >= 0.6 is 0 Å². The van der Waals surface area contributed by atoms with E-state index >= 15 is 0 Å². The third-order valence-corrected chi connectivity index (χ3v) is 6.66. The molecular formula is C20H28N6O. The fourth-order valence-electron chi connectivity index (χ4n) is 6.03. The van der Waals surface area contributed by atoms with Crippen molar-refractivity contribution in [3.05, 3.63) is 30.4 Å². The Balaban J connectivity index is 1.20. The van der Waals surface area contributed by atoms with Gasteiger partial charge in [0.2, 0.25) is 0 Å². The van der Waals surface area contributed by atoms with Crippen LogP contribution in [-0.4, -0.2) is 31.1 Å². The highest BCUT2D eigenvalue weighted by molar-refractivity contribution is 5.89. The minimum Gasteiger partial charge on any atom is -0.332 e. The van der Waals surface area contributed by atoms with E-state index in [9.17, 15) is 4.79 Å². The van der Waals surface area contributed by atoms with Crippen LogP contribution in [0.1, 0.15) is 51.0 Å². The summed E-state index contributed by atoms with van der Waals surface area (Å²) in [6.07, 6.45) is 15.1. The Hall–Kier alpha value is -2.31. The maximum Gasteiger partial charge on any atom is 0.319 e. The first kappa shape index (κ1) is 16.8. The number of hydrogen-bond acceptors (Lipinski definition) is 3. The molecule has 2 aromatic heterocycles. The third kappa shape index (κ3) is 3.35. The summed E-state index contributed by atoms with van der Waals surface area (Å²) in [5.74, 6) is 2.47. The zero-order chi connectivity index (χ0) is 18.4. The largest absolute Gasteiger partial charge is 0.332 e. The Morgan fingerprint density at radius 3 is 2.37 bits per heavy atom. The van der Waals surface area contributed by atoms with Crippen molar-refractivity contribution in [2.24, 2.45) is 17.8 Å². The normalized spacial score (nSPS) is 31.2. The van der Waals surface area contributed by atoms with Crippen molar-refractivity contribution >= 4 is 11.7 Å². The number of aryl methyl sites for hydroxylation is 1. The summed E-state index contributed by atoms with van der Waals surface area (Å²) in [6.45, 7) is 3.57. The Bertz CT molecular complexity index is 802. The van der Waals surface area contributed by atoms with E-state index in [1.54, 1.807) is 6.20 Å². The average molecular weight is 368 g/mol. The molecule has 2 N–H and O–H groups in total. The average Bonchev–Trinajstić information content (AvgIpc) is 3.22. The molecule has 27 heavy (non-hydrogen) atoms. The zero-order valence-electron chi connectivity index (χ0n) is 15.9. The van der Waals surface area contributed by atoms with Gasteiger partial charge < -0.3 is 10.6 Å². The number of anilines is 1. The zero-order valence-corrected chi connectivity index (χ0v) is 15.9. The fraction of sp³-hybridized carbons (Fsp3) is 0.650. The Morgan fingerprint density at radius 2 is 1.74 bits per heavy atom. The molecule has 144 valence electrons. The minimum absolute atomic E-state index is 0.0313. The van der Waals surface area contributed by atoms with Gasteiger partial charge in [-0.15, -0.1) is 0 Å². The van der Waals surface area contributed by atoms with Crippen LogP contribution in [0.5, 0.6) is 0 Å². The molecule has 6 rings (SSSR count). The number of aromatic nitrogens is 4. The predicted octanol–water partition coefficient (Wildman–Crippen LogP) is 3.24. The SMILES string of the molecule is CCn1cc(Cn2cc(NC(=O)NC34CC5CC(CC(C5)C3)C4)cn2)cn1. The van der Waals surface area contributed by atoms with Crippen LogP contribution in [0.25, 0.3) is 0 Å². The first-order chi connectivity index (χ1) is 13.1. The summed E-state index contributed by atoms with van der Waals surface area (Å²) in [7, 11) is 0. The fourth-order valence-corrected chi connectivity index (χ4v) is 6.03. The van der Waals surface area contributed by atoms with Gasteiger partial charge in [-0.05, 0) is 63.2 Å². The summed E-state index contributed by atoms with van der Waals surface area (Å²) >= 11 is 0. The van der Waals surface area contributed by atoms with E-state index in [0.29, 0.717) is 6.54 Å². The van der Waals surface area contributed by atoms with Crippen LogP contribution in [0, 0.1) is 17.8 Å². The molecule has 0 atom stereocenters. The number of amides is 2. The molecule has 0 spiro atoms. The number of hydrogen-bond donors (Lipinski definition) is 2. The summed E-state index contributed by atoms with van der Waals surface area (Å²) < 4.78 is 3.73. The van der Waals surface area contributed by atoms with Gasteiger partial charge in [0.25, 0.3) is 0 Å². The number of nitrogens with zero attached hydrogens (tertiary/aromatic N) is 4. The first-order valence-corrected chi connectivity index (χ1v) is 10.2. The van der Waals surface area contributed by atoms with E-state index < -0.39 is 0 Å². The second kappa shape index (κ2) is 6.39. The molecule has 0 aromatic carbocycles. The van der Waals surface area contributed by atoms with Gasteiger partial charge in [0.05, 0.1) is 24.6 Å². The number of nitrogens with one attached hydrogen (secondary N) is 2. The van der Waals surface area contributed by atoms with Gasteiger partial charge in [-0.2, -0.15) is 10.2 Å². The topological polar surface area (TPSA) is 76.8 Å². The van der Waals surface area contributed by atoms with Crippen LogP contribution in [-0.2, 0) is 13.1 Å². The van der Waals surface area contributed by atoms with Crippen molar-refractivity contribution in [1.82, 2.24) is 24.9 Å². The van der Waals surface area contributed by atoms with Crippen LogP contribution in [0.4, 0.5) is 10.5 Å². The van der Waals surface area contributed by atoms with Gasteiger partial charge in [-0.25, -0.2) is 4.79 Å². The van der Waals surface area contributed by atoms with Gasteiger partial charge >= 0.3 is 6.03 Å². The molecule has 7 heteroatoms. The molecule has 2 amide bonds. The van der Waals surface area contributed by atoms with Gasteiger partial charge in [0, 0.05) is 30.0 Å². The van der Waals surface area contributed by atoms with Gasteiger partial charge in [-0.1, -0.05) is 0 Å². The summed E-state index contributed by atoms with van der Waals surface area (Å²) in [5.41, 5.74) is 1.87. The Kier molecular flexibility index (Phi) is 3.98. The van der Waals surface area contributed by atoms with Gasteiger partial charge in [-0.3, -0.25) is 9.36 Å². The summed E-state index contributed by atoms with van der Waals surface area (Å²) in [5, 5.41) is 15.0. The van der Waals surface area contributed by atoms with Gasteiger partial charge in [0.15, 0.2) is 0 Å². The lowest BCUT2D eigenvalue weighted by Gasteiger charge is -2.56. The molecule has 0 unspecified atom stereocenters. The number of carbonyl (C=O) groups excluding carboxylic acids is 1. The number of carbonyl (C=O) groups is 1. The molecule has 4 bridgehead atoms. The van der Waals surface area contributed by atoms with E-state index in [-0.39, 0.29) is 11.6 Å². The van der Waals surface area contributed by atoms with E-state index in [4.69, 9.17) is 0 Å². The molecule has 4 aliphatic carbocycles. The van der Waals surface area contributed by atoms with Crippen molar-refractivity contribution in [2.75, 3.05) is 5.32 Å². The highest BCUT2D eigenvalue weighted by atomic mass is 16.2. The molecule has 0 saturated heterocycles. The van der Waals surface area contributed by atoms with Crippen molar-refractivity contribution in [1.29, 1.82) is 0 Å². The molecule has 4 aliphatic rings. The third-order valence-electron chi connectivity index (χ3n) is 6.66. The second-order valence-corrected chi connectivity index (χ2v) is 8.91. The lowest BCUT2D eigenvalue weighted by atomic mass is 9.53. The maximum atomic E-state index is 12.6. The van der Waals surface area contributed by atoms with Crippen LogP contribution in [0.3, 0.4) is 0 Å².